The van der Waals surface area contributed by atoms with Gasteiger partial charge in [-0.2, -0.15) is 0 Å². The number of hydrogen-bond acceptors (Lipinski definition) is 5. The van der Waals surface area contributed by atoms with Gasteiger partial charge >= 0.3 is 0 Å². The molecule has 2 aliphatic rings. The van der Waals surface area contributed by atoms with E-state index in [2.05, 4.69) is 27.7 Å². The lowest BCUT2D eigenvalue weighted by molar-refractivity contribution is -0.136. The van der Waals surface area contributed by atoms with E-state index in [0.29, 0.717) is 12.5 Å². The second kappa shape index (κ2) is 8.73. The van der Waals surface area contributed by atoms with Crippen LogP contribution in [0.3, 0.4) is 0 Å². The van der Waals surface area contributed by atoms with Gasteiger partial charge in [0.2, 0.25) is 5.91 Å². The molecule has 0 saturated carbocycles. The molecule has 3 rings (SSSR count). The van der Waals surface area contributed by atoms with E-state index in [1.807, 2.05) is 12.1 Å². The quantitative estimate of drug-likeness (QED) is 0.773. The number of piperidine rings is 1. The Bertz CT molecular complexity index is 596. The Kier molecular flexibility index (Phi) is 6.38. The van der Waals surface area contributed by atoms with Crippen LogP contribution in [0.5, 0.6) is 5.75 Å². The first-order chi connectivity index (χ1) is 12.7. The second-order valence-corrected chi connectivity index (χ2v) is 7.48. The van der Waals surface area contributed by atoms with Crippen LogP contribution in [0.15, 0.2) is 24.3 Å². The SMILES string of the molecule is COCC1(C(=O)NCC2CCN(c3cccc(OC)c3)C2)CCNCC1. The van der Waals surface area contributed by atoms with Crippen molar-refractivity contribution < 1.29 is 14.3 Å². The zero-order chi connectivity index (χ0) is 18.4. The highest BCUT2D eigenvalue weighted by Gasteiger charge is 2.39. The molecule has 0 radical (unpaired) electrons. The molecule has 144 valence electrons. The van der Waals surface area contributed by atoms with Gasteiger partial charge in [-0.3, -0.25) is 4.79 Å². The van der Waals surface area contributed by atoms with Crippen LogP contribution >= 0.6 is 0 Å². The minimum atomic E-state index is -0.370. The highest BCUT2D eigenvalue weighted by Crippen LogP contribution is 2.30. The first kappa shape index (κ1) is 19.0. The number of ether oxygens (including phenoxy) is 2. The number of amides is 1. The van der Waals surface area contributed by atoms with E-state index in [4.69, 9.17) is 9.47 Å². The largest absolute Gasteiger partial charge is 0.497 e. The Morgan fingerprint density at radius 2 is 2.15 bits per heavy atom. The summed E-state index contributed by atoms with van der Waals surface area (Å²) in [5.74, 6) is 1.51. The lowest BCUT2D eigenvalue weighted by Gasteiger charge is -2.35. The van der Waals surface area contributed by atoms with Gasteiger partial charge in [0.05, 0.1) is 19.1 Å². The molecule has 0 aromatic heterocycles. The average molecular weight is 361 g/mol. The summed E-state index contributed by atoms with van der Waals surface area (Å²) in [5.41, 5.74) is 0.817. The average Bonchev–Trinajstić information content (AvgIpc) is 3.16. The molecule has 2 fully saturated rings. The summed E-state index contributed by atoms with van der Waals surface area (Å²) in [6.45, 7) is 4.97. The fourth-order valence-corrected chi connectivity index (χ4v) is 4.08. The van der Waals surface area contributed by atoms with Crippen LogP contribution in [-0.2, 0) is 9.53 Å². The molecule has 1 atom stereocenters. The molecule has 0 spiro atoms. The van der Waals surface area contributed by atoms with E-state index in [9.17, 15) is 4.79 Å². The van der Waals surface area contributed by atoms with Crippen LogP contribution in [0.4, 0.5) is 5.69 Å². The highest BCUT2D eigenvalue weighted by molar-refractivity contribution is 5.83. The Labute approximate surface area is 156 Å². The fourth-order valence-electron chi connectivity index (χ4n) is 4.08. The molecule has 2 heterocycles. The van der Waals surface area contributed by atoms with Crippen molar-refractivity contribution in [1.29, 1.82) is 0 Å². The Morgan fingerprint density at radius 1 is 1.35 bits per heavy atom. The Balaban J connectivity index is 1.52. The van der Waals surface area contributed by atoms with Gasteiger partial charge in [-0.15, -0.1) is 0 Å². The van der Waals surface area contributed by atoms with Crippen molar-refractivity contribution >= 4 is 11.6 Å². The van der Waals surface area contributed by atoms with Gasteiger partial charge in [-0.1, -0.05) is 6.07 Å². The van der Waals surface area contributed by atoms with Crippen molar-refractivity contribution in [2.75, 3.05) is 58.5 Å². The summed E-state index contributed by atoms with van der Waals surface area (Å²) in [6.07, 6.45) is 2.77. The molecule has 6 nitrogen and oxygen atoms in total. The number of carbonyl (C=O) groups excluding carboxylic acids is 1. The predicted molar refractivity (Wildman–Crippen MR) is 103 cm³/mol. The number of anilines is 1. The highest BCUT2D eigenvalue weighted by atomic mass is 16.5. The van der Waals surface area contributed by atoms with Gasteiger partial charge in [0, 0.05) is 38.5 Å². The standard InChI is InChI=1S/C20H31N3O3/c1-25-15-20(7-9-21-10-8-20)19(24)22-13-16-6-11-23(14-16)17-4-3-5-18(12-17)26-2/h3-5,12,16,21H,6-11,13-15H2,1-2H3,(H,22,24). The van der Waals surface area contributed by atoms with Gasteiger partial charge < -0.3 is 25.0 Å². The van der Waals surface area contributed by atoms with Crippen LogP contribution in [0, 0.1) is 11.3 Å². The smallest absolute Gasteiger partial charge is 0.228 e. The molecule has 6 heteroatoms. The Hall–Kier alpha value is -1.79. The maximum Gasteiger partial charge on any atom is 0.228 e. The molecular formula is C20H31N3O3. The minimum Gasteiger partial charge on any atom is -0.497 e. The number of nitrogens with zero attached hydrogens (tertiary/aromatic N) is 1. The lowest BCUT2D eigenvalue weighted by Crippen LogP contribution is -2.51. The van der Waals surface area contributed by atoms with Crippen molar-refractivity contribution in [2.24, 2.45) is 11.3 Å². The molecule has 2 aliphatic heterocycles. The van der Waals surface area contributed by atoms with E-state index in [1.165, 1.54) is 5.69 Å². The lowest BCUT2D eigenvalue weighted by atomic mass is 9.78. The van der Waals surface area contributed by atoms with E-state index >= 15 is 0 Å². The Morgan fingerprint density at radius 3 is 2.88 bits per heavy atom. The van der Waals surface area contributed by atoms with Gasteiger partial charge in [0.25, 0.3) is 0 Å². The van der Waals surface area contributed by atoms with Crippen LogP contribution in [-0.4, -0.2) is 59.5 Å². The van der Waals surface area contributed by atoms with Crippen LogP contribution < -0.4 is 20.3 Å². The molecule has 0 bridgehead atoms. The number of methoxy groups -OCH3 is 2. The third-order valence-corrected chi connectivity index (χ3v) is 5.72. The predicted octanol–water partition coefficient (Wildman–Crippen LogP) is 1.65. The van der Waals surface area contributed by atoms with Crippen molar-refractivity contribution in [1.82, 2.24) is 10.6 Å². The topological polar surface area (TPSA) is 62.8 Å². The number of rotatable bonds is 7. The van der Waals surface area contributed by atoms with Gasteiger partial charge in [0.1, 0.15) is 5.75 Å². The monoisotopic (exact) mass is 361 g/mol. The summed E-state index contributed by atoms with van der Waals surface area (Å²) in [7, 11) is 3.37. The molecule has 1 amide bonds. The summed E-state index contributed by atoms with van der Waals surface area (Å²) in [4.78, 5) is 15.2. The third-order valence-electron chi connectivity index (χ3n) is 5.72. The molecule has 2 N–H and O–H groups in total. The van der Waals surface area contributed by atoms with E-state index in [-0.39, 0.29) is 11.3 Å². The normalized spacial score (nSPS) is 22.2. The molecule has 1 aromatic carbocycles. The van der Waals surface area contributed by atoms with Crippen molar-refractivity contribution in [2.45, 2.75) is 19.3 Å². The molecular weight excluding hydrogens is 330 g/mol. The van der Waals surface area contributed by atoms with E-state index in [0.717, 1.165) is 57.7 Å². The van der Waals surface area contributed by atoms with Crippen molar-refractivity contribution in [3.05, 3.63) is 24.3 Å². The summed E-state index contributed by atoms with van der Waals surface area (Å²) < 4.78 is 10.7. The number of hydrogen-bond donors (Lipinski definition) is 2. The first-order valence-electron chi connectivity index (χ1n) is 9.54. The zero-order valence-corrected chi connectivity index (χ0v) is 15.9. The molecule has 0 aliphatic carbocycles. The van der Waals surface area contributed by atoms with Gasteiger partial charge in [-0.05, 0) is 50.4 Å². The molecule has 2 saturated heterocycles. The van der Waals surface area contributed by atoms with Gasteiger partial charge in [0.15, 0.2) is 0 Å². The second-order valence-electron chi connectivity index (χ2n) is 7.48. The first-order valence-corrected chi connectivity index (χ1v) is 9.54. The van der Waals surface area contributed by atoms with E-state index < -0.39 is 0 Å². The molecule has 1 aromatic rings. The minimum absolute atomic E-state index is 0.153. The third kappa shape index (κ3) is 4.30. The van der Waals surface area contributed by atoms with Crippen molar-refractivity contribution in [3.8, 4) is 5.75 Å². The summed E-state index contributed by atoms with van der Waals surface area (Å²) in [6, 6.07) is 8.18. The number of benzene rings is 1. The maximum absolute atomic E-state index is 12.9. The summed E-state index contributed by atoms with van der Waals surface area (Å²) >= 11 is 0. The molecule has 26 heavy (non-hydrogen) atoms. The van der Waals surface area contributed by atoms with Gasteiger partial charge in [-0.25, -0.2) is 0 Å². The molecule has 1 unspecified atom stereocenters. The number of carbonyl (C=O) groups is 1. The van der Waals surface area contributed by atoms with Crippen LogP contribution in [0.25, 0.3) is 0 Å². The van der Waals surface area contributed by atoms with Crippen LogP contribution in [0.1, 0.15) is 19.3 Å². The van der Waals surface area contributed by atoms with Crippen molar-refractivity contribution in [3.63, 3.8) is 0 Å². The zero-order valence-electron chi connectivity index (χ0n) is 15.9. The maximum atomic E-state index is 12.9. The van der Waals surface area contributed by atoms with E-state index in [1.54, 1.807) is 14.2 Å². The number of nitrogens with one attached hydrogen (secondary N) is 2. The summed E-state index contributed by atoms with van der Waals surface area (Å²) in [5, 5.41) is 6.55. The fraction of sp³-hybridized carbons (Fsp3) is 0.650. The van der Waals surface area contributed by atoms with Crippen LogP contribution in [0.2, 0.25) is 0 Å².